The summed E-state index contributed by atoms with van der Waals surface area (Å²) >= 11 is 6.09. The van der Waals surface area contributed by atoms with Gasteiger partial charge in [-0.15, -0.1) is 0 Å². The number of aryl methyl sites for hydroxylation is 1. The van der Waals surface area contributed by atoms with Crippen molar-refractivity contribution in [2.45, 2.75) is 37.9 Å². The minimum Gasteiger partial charge on any atom is -0.372 e. The van der Waals surface area contributed by atoms with E-state index in [1.165, 1.54) is 36.5 Å². The normalized spacial score (nSPS) is 18.4. The first-order chi connectivity index (χ1) is 16.5. The Morgan fingerprint density at radius 3 is 2.46 bits per heavy atom. The lowest BCUT2D eigenvalue weighted by Crippen LogP contribution is -2.45. The van der Waals surface area contributed by atoms with Crippen LogP contribution in [0.25, 0.3) is 0 Å². The van der Waals surface area contributed by atoms with Crippen molar-refractivity contribution in [3.8, 4) is 0 Å². The average molecular weight is 518 g/mol. The smallest absolute Gasteiger partial charge is 0.262 e. The van der Waals surface area contributed by atoms with Crippen LogP contribution in [0, 0.1) is 12.7 Å². The summed E-state index contributed by atoms with van der Waals surface area (Å²) in [5.74, 6) is -1.11. The van der Waals surface area contributed by atoms with Crippen molar-refractivity contribution in [2.24, 2.45) is 0 Å². The minimum absolute atomic E-state index is 0.0280. The van der Waals surface area contributed by atoms with Crippen LogP contribution in [0.1, 0.15) is 35.5 Å². The standard InChI is InChI=1S/C25H25ClFN3O4S/c1-15-4-5-18(12-28-15)25(31)21-10-19(26)6-8-23(21)29-35(32,33)20-7-9-24(22(27)11-20)30-13-16(2)34-17(3)14-30/h4-12,16-17,29H,13-14H2,1-3H3/t16-,17?/m0/s1. The van der Waals surface area contributed by atoms with Crippen LogP contribution in [0.2, 0.25) is 5.02 Å². The van der Waals surface area contributed by atoms with Gasteiger partial charge in [0.2, 0.25) is 0 Å². The summed E-state index contributed by atoms with van der Waals surface area (Å²) in [6, 6.07) is 11.3. The summed E-state index contributed by atoms with van der Waals surface area (Å²) in [5.41, 5.74) is 1.41. The Hall–Kier alpha value is -3.01. The van der Waals surface area contributed by atoms with E-state index in [2.05, 4.69) is 9.71 Å². The number of carbonyl (C=O) groups excluding carboxylic acids is 1. The fourth-order valence-electron chi connectivity index (χ4n) is 4.04. The minimum atomic E-state index is -4.21. The maximum Gasteiger partial charge on any atom is 0.262 e. The zero-order valence-corrected chi connectivity index (χ0v) is 21.0. The van der Waals surface area contributed by atoms with E-state index < -0.39 is 21.6 Å². The van der Waals surface area contributed by atoms with Crippen LogP contribution >= 0.6 is 11.6 Å². The molecular weight excluding hydrogens is 493 g/mol. The monoisotopic (exact) mass is 517 g/mol. The topological polar surface area (TPSA) is 88.6 Å². The van der Waals surface area contributed by atoms with Crippen LogP contribution in [0.3, 0.4) is 0 Å². The maximum atomic E-state index is 15.0. The van der Waals surface area contributed by atoms with Gasteiger partial charge < -0.3 is 9.64 Å². The summed E-state index contributed by atoms with van der Waals surface area (Å²) in [6.45, 7) is 6.59. The van der Waals surface area contributed by atoms with Crippen LogP contribution in [-0.4, -0.2) is 44.5 Å². The molecule has 10 heteroatoms. The number of morpholine rings is 1. The van der Waals surface area contributed by atoms with E-state index in [1.54, 1.807) is 19.1 Å². The van der Waals surface area contributed by atoms with E-state index >= 15 is 4.39 Å². The predicted molar refractivity (Wildman–Crippen MR) is 133 cm³/mol. The number of sulfonamides is 1. The van der Waals surface area contributed by atoms with Gasteiger partial charge in [-0.25, -0.2) is 12.8 Å². The number of rotatable bonds is 6. The number of benzene rings is 2. The highest BCUT2D eigenvalue weighted by atomic mass is 35.5. The molecule has 2 aromatic carbocycles. The molecule has 1 unspecified atom stereocenters. The summed E-state index contributed by atoms with van der Waals surface area (Å²) < 4.78 is 49.3. The van der Waals surface area contributed by atoms with Gasteiger partial charge in [-0.05, 0) is 69.3 Å². The first kappa shape index (κ1) is 25.1. The fraction of sp³-hybridized carbons (Fsp3) is 0.280. The van der Waals surface area contributed by atoms with E-state index in [0.29, 0.717) is 18.8 Å². The number of nitrogens with zero attached hydrogens (tertiary/aromatic N) is 2. The van der Waals surface area contributed by atoms with Crippen molar-refractivity contribution in [3.05, 3.63) is 82.4 Å². The van der Waals surface area contributed by atoms with Crippen LogP contribution in [0.4, 0.5) is 15.8 Å². The predicted octanol–water partition coefficient (Wildman–Crippen LogP) is 4.83. The van der Waals surface area contributed by atoms with E-state index in [-0.39, 0.29) is 38.9 Å². The lowest BCUT2D eigenvalue weighted by molar-refractivity contribution is -0.00540. The van der Waals surface area contributed by atoms with Gasteiger partial charge in [-0.2, -0.15) is 0 Å². The van der Waals surface area contributed by atoms with Crippen molar-refractivity contribution < 1.29 is 22.3 Å². The van der Waals surface area contributed by atoms with Gasteiger partial charge >= 0.3 is 0 Å². The maximum absolute atomic E-state index is 15.0. The van der Waals surface area contributed by atoms with Crippen LogP contribution < -0.4 is 9.62 Å². The molecule has 7 nitrogen and oxygen atoms in total. The summed E-state index contributed by atoms with van der Waals surface area (Å²) in [7, 11) is -4.21. The van der Waals surface area contributed by atoms with Gasteiger partial charge in [0, 0.05) is 41.1 Å². The molecule has 1 aliphatic rings. The van der Waals surface area contributed by atoms with Gasteiger partial charge in [0.25, 0.3) is 10.0 Å². The Labute approximate surface area is 208 Å². The number of pyridine rings is 1. The third-order valence-corrected chi connectivity index (χ3v) is 7.23. The number of anilines is 2. The molecule has 184 valence electrons. The molecule has 3 aromatic rings. The number of aromatic nitrogens is 1. The third-order valence-electron chi connectivity index (χ3n) is 5.63. The molecule has 2 atom stereocenters. The summed E-state index contributed by atoms with van der Waals surface area (Å²) in [6.07, 6.45) is 1.26. The number of ketones is 1. The van der Waals surface area contributed by atoms with E-state index in [1.807, 2.05) is 18.7 Å². The molecule has 2 heterocycles. The largest absolute Gasteiger partial charge is 0.372 e. The highest BCUT2D eigenvalue weighted by Crippen LogP contribution is 2.29. The second-order valence-electron chi connectivity index (χ2n) is 8.59. The molecule has 35 heavy (non-hydrogen) atoms. The van der Waals surface area contributed by atoms with Crippen molar-refractivity contribution in [3.63, 3.8) is 0 Å². The second-order valence-corrected chi connectivity index (χ2v) is 10.7. The molecule has 1 saturated heterocycles. The lowest BCUT2D eigenvalue weighted by Gasteiger charge is -2.37. The van der Waals surface area contributed by atoms with Crippen molar-refractivity contribution >= 4 is 38.8 Å². The van der Waals surface area contributed by atoms with Crippen LogP contribution in [0.15, 0.2) is 59.6 Å². The molecule has 0 radical (unpaired) electrons. The Kier molecular flexibility index (Phi) is 7.12. The van der Waals surface area contributed by atoms with Crippen LogP contribution in [-0.2, 0) is 14.8 Å². The first-order valence-corrected chi connectivity index (χ1v) is 12.9. The molecule has 1 fully saturated rings. The zero-order valence-electron chi connectivity index (χ0n) is 19.5. The summed E-state index contributed by atoms with van der Waals surface area (Å²) in [5, 5.41) is 0.265. The van der Waals surface area contributed by atoms with Crippen molar-refractivity contribution in [1.82, 2.24) is 4.98 Å². The van der Waals surface area contributed by atoms with Crippen LogP contribution in [0.5, 0.6) is 0 Å². The first-order valence-electron chi connectivity index (χ1n) is 11.0. The number of halogens is 2. The highest BCUT2D eigenvalue weighted by Gasteiger charge is 2.26. The van der Waals surface area contributed by atoms with Gasteiger partial charge in [-0.3, -0.25) is 14.5 Å². The second kappa shape index (κ2) is 9.93. The fourth-order valence-corrected chi connectivity index (χ4v) is 5.30. The number of nitrogens with one attached hydrogen (secondary N) is 1. The van der Waals surface area contributed by atoms with E-state index in [4.69, 9.17) is 16.3 Å². The molecule has 0 spiro atoms. The number of hydrogen-bond acceptors (Lipinski definition) is 6. The molecular formula is C25H25ClFN3O4S. The van der Waals surface area contributed by atoms with Crippen molar-refractivity contribution in [2.75, 3.05) is 22.7 Å². The van der Waals surface area contributed by atoms with Crippen molar-refractivity contribution in [1.29, 1.82) is 0 Å². The summed E-state index contributed by atoms with van der Waals surface area (Å²) in [4.78, 5) is 18.8. The Morgan fingerprint density at radius 1 is 1.11 bits per heavy atom. The molecule has 4 rings (SSSR count). The van der Waals surface area contributed by atoms with Gasteiger partial charge in [0.05, 0.1) is 28.5 Å². The Balaban J connectivity index is 1.63. The average Bonchev–Trinajstić information content (AvgIpc) is 2.79. The third kappa shape index (κ3) is 5.63. The quantitative estimate of drug-likeness (QED) is 0.471. The molecule has 0 saturated carbocycles. The Morgan fingerprint density at radius 2 is 1.83 bits per heavy atom. The molecule has 0 aliphatic carbocycles. The highest BCUT2D eigenvalue weighted by molar-refractivity contribution is 7.92. The number of carbonyl (C=O) groups is 1. The lowest BCUT2D eigenvalue weighted by atomic mass is 10.0. The molecule has 1 aromatic heterocycles. The number of hydrogen-bond donors (Lipinski definition) is 1. The van der Waals surface area contributed by atoms with Gasteiger partial charge in [0.15, 0.2) is 5.78 Å². The van der Waals surface area contributed by atoms with E-state index in [0.717, 1.165) is 11.8 Å². The number of ether oxygens (including phenoxy) is 1. The van der Waals surface area contributed by atoms with Gasteiger partial charge in [-0.1, -0.05) is 11.6 Å². The SMILES string of the molecule is Cc1ccc(C(=O)c2cc(Cl)ccc2NS(=O)(=O)c2ccc(N3CC(C)O[C@@H](C)C3)c(F)c2)cn1. The molecule has 1 aliphatic heterocycles. The van der Waals surface area contributed by atoms with E-state index in [9.17, 15) is 13.2 Å². The van der Waals surface area contributed by atoms with Gasteiger partial charge in [0.1, 0.15) is 5.82 Å². The molecule has 0 amide bonds. The molecule has 0 bridgehead atoms. The molecule has 1 N–H and O–H groups in total. The Bertz CT molecular complexity index is 1360. The zero-order chi connectivity index (χ0) is 25.3.